The molecule has 2 heteroatoms. The molecule has 0 saturated carbocycles. The quantitative estimate of drug-likeness (QED) is 0.692. The fourth-order valence-corrected chi connectivity index (χ4v) is 2.18. The average Bonchev–Trinajstić information content (AvgIpc) is 2.28. The Labute approximate surface area is 90.3 Å². The smallest absolute Gasteiger partial charge is 0.338 e. The van der Waals surface area contributed by atoms with Crippen LogP contribution in [0.5, 0.6) is 0 Å². The van der Waals surface area contributed by atoms with Crippen molar-refractivity contribution in [3.05, 3.63) is 34.9 Å². The second kappa shape index (κ2) is 4.47. The van der Waals surface area contributed by atoms with Crippen LogP contribution in [0.3, 0.4) is 0 Å². The predicted octanol–water partition coefficient (Wildman–Crippen LogP) is 2.74. The molecule has 1 aromatic rings. The van der Waals surface area contributed by atoms with Crippen LogP contribution >= 0.6 is 0 Å². The zero-order chi connectivity index (χ0) is 10.7. The molecule has 0 fully saturated rings. The van der Waals surface area contributed by atoms with Crippen molar-refractivity contribution in [1.82, 2.24) is 0 Å². The SMILES string of the molecule is CCOC(=O)c1cccc2c1CCCC2. The summed E-state index contributed by atoms with van der Waals surface area (Å²) < 4.78 is 5.06. The van der Waals surface area contributed by atoms with Gasteiger partial charge in [0.25, 0.3) is 0 Å². The lowest BCUT2D eigenvalue weighted by Gasteiger charge is -2.18. The third-order valence-electron chi connectivity index (χ3n) is 2.89. The number of carbonyl (C=O) groups excluding carboxylic acids is 1. The van der Waals surface area contributed by atoms with Crippen LogP contribution in [0.4, 0.5) is 0 Å². The Hall–Kier alpha value is -1.31. The van der Waals surface area contributed by atoms with Crippen LogP contribution in [0, 0.1) is 0 Å². The van der Waals surface area contributed by atoms with Gasteiger partial charge in [0.15, 0.2) is 0 Å². The lowest BCUT2D eigenvalue weighted by Crippen LogP contribution is -2.12. The Bertz CT molecular complexity index is 369. The number of hydrogen-bond donors (Lipinski definition) is 0. The molecule has 1 aromatic carbocycles. The van der Waals surface area contributed by atoms with E-state index in [2.05, 4.69) is 6.07 Å². The van der Waals surface area contributed by atoms with E-state index in [1.54, 1.807) is 0 Å². The van der Waals surface area contributed by atoms with E-state index in [-0.39, 0.29) is 5.97 Å². The second-order valence-electron chi connectivity index (χ2n) is 3.87. The minimum Gasteiger partial charge on any atom is -0.462 e. The summed E-state index contributed by atoms with van der Waals surface area (Å²) in [5, 5.41) is 0. The molecular weight excluding hydrogens is 188 g/mol. The van der Waals surface area contributed by atoms with Crippen molar-refractivity contribution in [2.45, 2.75) is 32.6 Å². The molecule has 0 aromatic heterocycles. The van der Waals surface area contributed by atoms with Gasteiger partial charge in [-0.3, -0.25) is 0 Å². The van der Waals surface area contributed by atoms with Gasteiger partial charge < -0.3 is 4.74 Å². The van der Waals surface area contributed by atoms with E-state index in [1.165, 1.54) is 24.0 Å². The van der Waals surface area contributed by atoms with Crippen LogP contribution in [0.15, 0.2) is 18.2 Å². The Balaban J connectivity index is 2.34. The van der Waals surface area contributed by atoms with Gasteiger partial charge in [-0.05, 0) is 49.8 Å². The van der Waals surface area contributed by atoms with Gasteiger partial charge in [-0.2, -0.15) is 0 Å². The third-order valence-corrected chi connectivity index (χ3v) is 2.89. The summed E-state index contributed by atoms with van der Waals surface area (Å²) >= 11 is 0. The van der Waals surface area contributed by atoms with Gasteiger partial charge in [-0.15, -0.1) is 0 Å². The van der Waals surface area contributed by atoms with Crippen LogP contribution in [-0.2, 0) is 17.6 Å². The van der Waals surface area contributed by atoms with E-state index in [9.17, 15) is 4.79 Å². The highest BCUT2D eigenvalue weighted by atomic mass is 16.5. The molecule has 2 rings (SSSR count). The number of rotatable bonds is 2. The number of aryl methyl sites for hydroxylation is 1. The lowest BCUT2D eigenvalue weighted by atomic mass is 9.88. The van der Waals surface area contributed by atoms with Crippen LogP contribution in [0.2, 0.25) is 0 Å². The largest absolute Gasteiger partial charge is 0.462 e. The summed E-state index contributed by atoms with van der Waals surface area (Å²) in [6, 6.07) is 5.95. The molecule has 15 heavy (non-hydrogen) atoms. The predicted molar refractivity (Wildman–Crippen MR) is 59.0 cm³/mol. The molecule has 1 aliphatic carbocycles. The summed E-state index contributed by atoms with van der Waals surface area (Å²) in [6.07, 6.45) is 4.54. The van der Waals surface area contributed by atoms with Crippen molar-refractivity contribution in [2.24, 2.45) is 0 Å². The molecule has 0 saturated heterocycles. The number of ether oxygens (including phenoxy) is 1. The van der Waals surface area contributed by atoms with Gasteiger partial charge >= 0.3 is 5.97 Å². The Morgan fingerprint density at radius 2 is 2.13 bits per heavy atom. The second-order valence-corrected chi connectivity index (χ2v) is 3.87. The Kier molecular flexibility index (Phi) is 3.05. The summed E-state index contributed by atoms with van der Waals surface area (Å²) in [6.45, 7) is 2.29. The van der Waals surface area contributed by atoms with E-state index in [0.717, 1.165) is 18.4 Å². The van der Waals surface area contributed by atoms with Crippen LogP contribution in [-0.4, -0.2) is 12.6 Å². The van der Waals surface area contributed by atoms with E-state index < -0.39 is 0 Å². The molecule has 80 valence electrons. The molecule has 0 spiro atoms. The zero-order valence-corrected chi connectivity index (χ0v) is 9.08. The van der Waals surface area contributed by atoms with Crippen molar-refractivity contribution in [2.75, 3.05) is 6.61 Å². The summed E-state index contributed by atoms with van der Waals surface area (Å²) in [5.41, 5.74) is 3.31. The number of benzene rings is 1. The summed E-state index contributed by atoms with van der Waals surface area (Å²) in [5.74, 6) is -0.170. The maximum absolute atomic E-state index is 11.7. The standard InChI is InChI=1S/C13H16O2/c1-2-15-13(14)12-9-5-7-10-6-3-4-8-11(10)12/h5,7,9H,2-4,6,8H2,1H3. The van der Waals surface area contributed by atoms with E-state index in [4.69, 9.17) is 4.74 Å². The molecule has 0 radical (unpaired) electrons. The van der Waals surface area contributed by atoms with E-state index in [1.807, 2.05) is 19.1 Å². The fourth-order valence-electron chi connectivity index (χ4n) is 2.18. The maximum Gasteiger partial charge on any atom is 0.338 e. The van der Waals surface area contributed by atoms with Crippen LogP contribution in [0.1, 0.15) is 41.3 Å². The number of fused-ring (bicyclic) bond motifs is 1. The van der Waals surface area contributed by atoms with Crippen molar-refractivity contribution < 1.29 is 9.53 Å². The molecular formula is C13H16O2. The van der Waals surface area contributed by atoms with E-state index >= 15 is 0 Å². The normalized spacial score (nSPS) is 14.5. The molecule has 0 aliphatic heterocycles. The van der Waals surface area contributed by atoms with Crippen molar-refractivity contribution in [3.8, 4) is 0 Å². The minimum atomic E-state index is -0.170. The first-order valence-corrected chi connectivity index (χ1v) is 5.61. The monoisotopic (exact) mass is 204 g/mol. The molecule has 0 N–H and O–H groups in total. The van der Waals surface area contributed by atoms with Crippen molar-refractivity contribution in [3.63, 3.8) is 0 Å². The van der Waals surface area contributed by atoms with Crippen LogP contribution < -0.4 is 0 Å². The number of esters is 1. The highest BCUT2D eigenvalue weighted by molar-refractivity contribution is 5.91. The van der Waals surface area contributed by atoms with Gasteiger partial charge in [0.1, 0.15) is 0 Å². The highest BCUT2D eigenvalue weighted by Crippen LogP contribution is 2.24. The van der Waals surface area contributed by atoms with Crippen LogP contribution in [0.25, 0.3) is 0 Å². The molecule has 0 atom stereocenters. The van der Waals surface area contributed by atoms with Crippen molar-refractivity contribution >= 4 is 5.97 Å². The molecule has 2 nitrogen and oxygen atoms in total. The molecule has 0 heterocycles. The van der Waals surface area contributed by atoms with Gasteiger partial charge in [-0.25, -0.2) is 4.79 Å². The van der Waals surface area contributed by atoms with Gasteiger partial charge in [0.05, 0.1) is 12.2 Å². The highest BCUT2D eigenvalue weighted by Gasteiger charge is 2.17. The third kappa shape index (κ3) is 2.04. The average molecular weight is 204 g/mol. The molecule has 0 amide bonds. The maximum atomic E-state index is 11.7. The summed E-state index contributed by atoms with van der Waals surface area (Å²) in [7, 11) is 0. The first-order valence-electron chi connectivity index (χ1n) is 5.61. The topological polar surface area (TPSA) is 26.3 Å². The Morgan fingerprint density at radius 3 is 2.93 bits per heavy atom. The summed E-state index contributed by atoms with van der Waals surface area (Å²) in [4.78, 5) is 11.7. The number of hydrogen-bond acceptors (Lipinski definition) is 2. The molecule has 1 aliphatic rings. The molecule has 0 unspecified atom stereocenters. The van der Waals surface area contributed by atoms with Gasteiger partial charge in [0, 0.05) is 0 Å². The fraction of sp³-hybridized carbons (Fsp3) is 0.462. The lowest BCUT2D eigenvalue weighted by molar-refractivity contribution is 0.0524. The first-order chi connectivity index (χ1) is 7.33. The van der Waals surface area contributed by atoms with Gasteiger partial charge in [0.2, 0.25) is 0 Å². The number of carbonyl (C=O) groups is 1. The van der Waals surface area contributed by atoms with Gasteiger partial charge in [-0.1, -0.05) is 12.1 Å². The zero-order valence-electron chi connectivity index (χ0n) is 9.08. The van der Waals surface area contributed by atoms with Crippen molar-refractivity contribution in [1.29, 1.82) is 0 Å². The first kappa shape index (κ1) is 10.2. The molecule has 0 bridgehead atoms. The Morgan fingerprint density at radius 1 is 1.33 bits per heavy atom. The minimum absolute atomic E-state index is 0.170. The van der Waals surface area contributed by atoms with E-state index in [0.29, 0.717) is 6.61 Å².